The summed E-state index contributed by atoms with van der Waals surface area (Å²) in [6.45, 7) is 2.43. The second-order valence-corrected chi connectivity index (χ2v) is 6.30. The van der Waals surface area contributed by atoms with E-state index in [1.54, 1.807) is 23.7 Å². The molecule has 3 heterocycles. The molecule has 0 aliphatic carbocycles. The molecule has 3 amide bonds. The predicted octanol–water partition coefficient (Wildman–Crippen LogP) is 1.38. The van der Waals surface area contributed by atoms with E-state index in [0.29, 0.717) is 18.3 Å². The largest absolute Gasteiger partial charge is 0.402 e. The summed E-state index contributed by atoms with van der Waals surface area (Å²) in [6.07, 6.45) is 1.86. The van der Waals surface area contributed by atoms with Crippen molar-refractivity contribution in [2.24, 2.45) is 4.99 Å². The van der Waals surface area contributed by atoms with Crippen molar-refractivity contribution in [3.05, 3.63) is 47.5 Å². The van der Waals surface area contributed by atoms with Gasteiger partial charge in [-0.3, -0.25) is 14.6 Å². The molecule has 1 atom stereocenters. The van der Waals surface area contributed by atoms with Gasteiger partial charge in [0.05, 0.1) is 6.54 Å². The zero-order valence-corrected chi connectivity index (χ0v) is 14.1. The lowest BCUT2D eigenvalue weighted by Crippen LogP contribution is -2.61. The van der Waals surface area contributed by atoms with Crippen molar-refractivity contribution in [2.75, 3.05) is 14.1 Å². The number of nitrogens with zero attached hydrogens (tertiary/aromatic N) is 5. The molecule has 25 heavy (non-hydrogen) atoms. The Kier molecular flexibility index (Phi) is 3.24. The fraction of sp³-hybridized carbons (Fsp3) is 0.294. The summed E-state index contributed by atoms with van der Waals surface area (Å²) < 4.78 is 16.8. The summed E-state index contributed by atoms with van der Waals surface area (Å²) in [5.41, 5.74) is 1.85. The molecule has 0 saturated carbocycles. The first kappa shape index (κ1) is 15.5. The van der Waals surface area contributed by atoms with Crippen LogP contribution in [0.3, 0.4) is 0 Å². The molecular formula is C17H17FN5O2+. The number of carbonyl (C=O) groups is 2. The first-order valence-electron chi connectivity index (χ1n) is 7.88. The minimum atomic E-state index is -0.629. The third kappa shape index (κ3) is 2.17. The molecule has 2 aliphatic rings. The molecular weight excluding hydrogens is 325 g/mol. The number of hydrogen-bond donors (Lipinski definition) is 0. The Morgan fingerprint density at radius 1 is 1.16 bits per heavy atom. The highest BCUT2D eigenvalue weighted by molar-refractivity contribution is 6.18. The van der Waals surface area contributed by atoms with Crippen molar-refractivity contribution in [1.82, 2.24) is 14.4 Å². The zero-order valence-electron chi connectivity index (χ0n) is 14.1. The number of rotatable bonds is 2. The van der Waals surface area contributed by atoms with Crippen LogP contribution in [0.4, 0.5) is 15.1 Å². The van der Waals surface area contributed by atoms with Crippen LogP contribution in [0.15, 0.2) is 35.5 Å². The molecule has 1 unspecified atom stereocenters. The van der Waals surface area contributed by atoms with Gasteiger partial charge >= 0.3 is 12.0 Å². The van der Waals surface area contributed by atoms with Gasteiger partial charge in [-0.15, -0.1) is 0 Å². The maximum atomic E-state index is 13.1. The Bertz CT molecular complexity index is 931. The van der Waals surface area contributed by atoms with Gasteiger partial charge in [0.25, 0.3) is 5.91 Å². The number of aryl methyl sites for hydroxylation is 1. The van der Waals surface area contributed by atoms with E-state index >= 15 is 0 Å². The van der Waals surface area contributed by atoms with Crippen LogP contribution in [0.1, 0.15) is 17.3 Å². The van der Waals surface area contributed by atoms with E-state index in [-0.39, 0.29) is 11.7 Å². The van der Waals surface area contributed by atoms with E-state index in [4.69, 9.17) is 0 Å². The van der Waals surface area contributed by atoms with Gasteiger partial charge in [0.2, 0.25) is 11.9 Å². The lowest BCUT2D eigenvalue weighted by atomic mass is 10.2. The Labute approximate surface area is 143 Å². The topological polar surface area (TPSA) is 61.8 Å². The number of urea groups is 1. The summed E-state index contributed by atoms with van der Waals surface area (Å²) in [7, 11) is 3.08. The fourth-order valence-corrected chi connectivity index (χ4v) is 3.28. The van der Waals surface area contributed by atoms with Crippen LogP contribution in [0.5, 0.6) is 0 Å². The van der Waals surface area contributed by atoms with Crippen molar-refractivity contribution in [2.45, 2.75) is 19.5 Å². The summed E-state index contributed by atoms with van der Waals surface area (Å²) in [5.74, 6) is 0.443. The highest BCUT2D eigenvalue weighted by Gasteiger charge is 2.52. The van der Waals surface area contributed by atoms with Crippen molar-refractivity contribution in [3.63, 3.8) is 0 Å². The lowest BCUT2D eigenvalue weighted by molar-refractivity contribution is -0.677. The second kappa shape index (κ2) is 5.23. The summed E-state index contributed by atoms with van der Waals surface area (Å²) in [5, 5.41) is 0. The summed E-state index contributed by atoms with van der Waals surface area (Å²) in [6, 6.07) is 5.24. The zero-order chi connectivity index (χ0) is 17.9. The molecule has 1 fully saturated rings. The van der Waals surface area contributed by atoms with Crippen LogP contribution in [0, 0.1) is 12.7 Å². The Morgan fingerprint density at radius 3 is 2.52 bits per heavy atom. The monoisotopic (exact) mass is 342 g/mol. The molecule has 2 aliphatic heterocycles. The molecule has 7 nitrogen and oxygen atoms in total. The van der Waals surface area contributed by atoms with Crippen LogP contribution >= 0.6 is 0 Å². The maximum Gasteiger partial charge on any atom is 0.402 e. The summed E-state index contributed by atoms with van der Waals surface area (Å²) in [4.78, 5) is 31.8. The number of imide groups is 1. The third-order valence-corrected chi connectivity index (χ3v) is 4.70. The molecule has 1 aromatic heterocycles. The van der Waals surface area contributed by atoms with E-state index in [1.807, 2.05) is 17.7 Å². The molecule has 0 radical (unpaired) electrons. The van der Waals surface area contributed by atoms with Crippen LogP contribution < -0.4 is 4.57 Å². The Balaban J connectivity index is 1.78. The van der Waals surface area contributed by atoms with E-state index in [2.05, 4.69) is 4.99 Å². The maximum absolute atomic E-state index is 13.1. The number of fused-ring (bicyclic) bond motifs is 3. The second-order valence-electron chi connectivity index (χ2n) is 6.30. The molecule has 1 aromatic carbocycles. The number of benzene rings is 1. The standard InChI is InChI=1S/C17H17FN5O2/c1-10-8-23-13-14(20(2)17(25)21(3)15(13)24)19-16(23)22(10)9-11-4-6-12(18)7-5-11/h4-8,13H,9H2,1-3H3/q+1. The van der Waals surface area contributed by atoms with Gasteiger partial charge < -0.3 is 0 Å². The van der Waals surface area contributed by atoms with Crippen molar-refractivity contribution in [1.29, 1.82) is 0 Å². The highest BCUT2D eigenvalue weighted by atomic mass is 19.1. The number of amidine groups is 1. The number of aliphatic imine (C=N–C) groups is 1. The number of amides is 3. The van der Waals surface area contributed by atoms with Crippen molar-refractivity contribution in [3.8, 4) is 0 Å². The van der Waals surface area contributed by atoms with Gasteiger partial charge in [-0.2, -0.15) is 0 Å². The minimum absolute atomic E-state index is 0.285. The highest BCUT2D eigenvalue weighted by Crippen LogP contribution is 2.29. The number of carbonyl (C=O) groups excluding carboxylic acids is 2. The van der Waals surface area contributed by atoms with E-state index < -0.39 is 12.1 Å². The molecule has 4 rings (SSSR count). The van der Waals surface area contributed by atoms with Gasteiger partial charge in [0.1, 0.15) is 17.7 Å². The molecule has 0 spiro atoms. The molecule has 0 N–H and O–H groups in total. The Morgan fingerprint density at radius 2 is 1.84 bits per heavy atom. The lowest BCUT2D eigenvalue weighted by Gasteiger charge is -2.30. The minimum Gasteiger partial charge on any atom is -0.270 e. The van der Waals surface area contributed by atoms with Crippen LogP contribution in [-0.2, 0) is 11.3 Å². The van der Waals surface area contributed by atoms with E-state index in [9.17, 15) is 14.0 Å². The first-order chi connectivity index (χ1) is 11.9. The van der Waals surface area contributed by atoms with Crippen LogP contribution in [0.2, 0.25) is 0 Å². The van der Waals surface area contributed by atoms with Gasteiger partial charge in [-0.05, 0) is 24.6 Å². The SMILES string of the molecule is Cc1c[n+]2c(n1Cc1ccc(F)cc1)N=C1C2C(=O)N(C)C(=O)N1C. The fourth-order valence-electron chi connectivity index (χ4n) is 3.28. The number of halogens is 1. The number of imidazole rings is 1. The normalized spacial score (nSPS) is 19.2. The third-order valence-electron chi connectivity index (χ3n) is 4.70. The van der Waals surface area contributed by atoms with Crippen molar-refractivity contribution >= 4 is 23.7 Å². The molecule has 8 heteroatoms. The molecule has 0 bridgehead atoms. The number of aromatic nitrogens is 2. The van der Waals surface area contributed by atoms with Crippen LogP contribution in [-0.4, -0.2) is 46.2 Å². The number of hydrogen-bond acceptors (Lipinski definition) is 3. The van der Waals surface area contributed by atoms with Crippen LogP contribution in [0.25, 0.3) is 0 Å². The van der Waals surface area contributed by atoms with E-state index in [1.165, 1.54) is 24.1 Å². The molecule has 1 saturated heterocycles. The Hall–Kier alpha value is -3.03. The molecule has 2 aromatic rings. The van der Waals surface area contributed by atoms with Crippen molar-refractivity contribution < 1.29 is 18.5 Å². The van der Waals surface area contributed by atoms with E-state index in [0.717, 1.165) is 16.2 Å². The average Bonchev–Trinajstić information content (AvgIpc) is 3.09. The van der Waals surface area contributed by atoms with Gasteiger partial charge in [0, 0.05) is 14.1 Å². The van der Waals surface area contributed by atoms with Gasteiger partial charge in [-0.1, -0.05) is 17.1 Å². The smallest absolute Gasteiger partial charge is 0.270 e. The van der Waals surface area contributed by atoms with Gasteiger partial charge in [-0.25, -0.2) is 18.3 Å². The summed E-state index contributed by atoms with van der Waals surface area (Å²) >= 11 is 0. The average molecular weight is 342 g/mol. The van der Waals surface area contributed by atoms with Gasteiger partial charge in [0.15, 0.2) is 0 Å². The quantitative estimate of drug-likeness (QED) is 0.774. The number of likely N-dealkylation sites (N-methyl/N-ethyl adjacent to an activating group) is 2. The first-order valence-corrected chi connectivity index (χ1v) is 7.88. The predicted molar refractivity (Wildman–Crippen MR) is 86.9 cm³/mol. The molecule has 128 valence electrons.